The summed E-state index contributed by atoms with van der Waals surface area (Å²) in [5, 5.41) is 4.01. The number of rotatable bonds is 6. The average molecular weight is 294 g/mol. The highest BCUT2D eigenvalue weighted by Gasteiger charge is 2.11. The summed E-state index contributed by atoms with van der Waals surface area (Å²) in [5.74, 6) is -0.302. The van der Waals surface area contributed by atoms with Gasteiger partial charge in [0.2, 0.25) is 0 Å². The van der Waals surface area contributed by atoms with Gasteiger partial charge in [-0.15, -0.1) is 0 Å². The van der Waals surface area contributed by atoms with Crippen LogP contribution in [0.5, 0.6) is 0 Å². The highest BCUT2D eigenvalue weighted by atomic mass is 32.1. The number of anilines is 1. The number of aromatic nitrogens is 1. The number of hydrogen-bond acceptors (Lipinski definition) is 6. The lowest BCUT2D eigenvalue weighted by Crippen LogP contribution is -2.11. The van der Waals surface area contributed by atoms with Gasteiger partial charge in [-0.05, 0) is 32.0 Å². The molecule has 1 N–H and O–H groups in total. The van der Waals surface area contributed by atoms with Crippen LogP contribution in [0.25, 0.3) is 10.2 Å². The summed E-state index contributed by atoms with van der Waals surface area (Å²) in [6, 6.07) is 5.40. The Balaban J connectivity index is 2.15. The van der Waals surface area contributed by atoms with Crippen LogP contribution in [0.4, 0.5) is 5.13 Å². The van der Waals surface area contributed by atoms with Crippen molar-refractivity contribution in [3.05, 3.63) is 23.8 Å². The van der Waals surface area contributed by atoms with Crippen LogP contribution in [0.15, 0.2) is 18.2 Å². The van der Waals surface area contributed by atoms with E-state index in [1.165, 1.54) is 11.3 Å². The van der Waals surface area contributed by atoms with Gasteiger partial charge in [0.05, 0.1) is 28.5 Å². The van der Waals surface area contributed by atoms with Crippen LogP contribution in [0.1, 0.15) is 24.2 Å². The summed E-state index contributed by atoms with van der Waals surface area (Å²) < 4.78 is 11.1. The van der Waals surface area contributed by atoms with Crippen molar-refractivity contribution >= 4 is 32.7 Å². The molecule has 0 unspecified atom stereocenters. The van der Waals surface area contributed by atoms with Crippen molar-refractivity contribution in [1.82, 2.24) is 4.98 Å². The molecule has 0 aliphatic rings. The highest BCUT2D eigenvalue weighted by molar-refractivity contribution is 7.22. The van der Waals surface area contributed by atoms with Crippen molar-refractivity contribution in [1.29, 1.82) is 0 Å². The molecule has 1 aromatic heterocycles. The number of ether oxygens (including phenoxy) is 2. The summed E-state index contributed by atoms with van der Waals surface area (Å²) in [7, 11) is 1.66. The van der Waals surface area contributed by atoms with E-state index >= 15 is 0 Å². The summed E-state index contributed by atoms with van der Waals surface area (Å²) >= 11 is 1.51. The summed E-state index contributed by atoms with van der Waals surface area (Å²) in [5.41, 5.74) is 1.43. The Morgan fingerprint density at radius 1 is 1.45 bits per heavy atom. The van der Waals surface area contributed by atoms with E-state index in [-0.39, 0.29) is 12.1 Å². The summed E-state index contributed by atoms with van der Waals surface area (Å²) in [4.78, 5) is 16.3. The maximum absolute atomic E-state index is 11.8. The molecule has 1 aromatic carbocycles. The molecule has 2 rings (SSSR count). The zero-order valence-corrected chi connectivity index (χ0v) is 12.6. The highest BCUT2D eigenvalue weighted by Crippen LogP contribution is 2.27. The number of carbonyl (C=O) groups is 1. The fourth-order valence-corrected chi connectivity index (χ4v) is 2.60. The fourth-order valence-electron chi connectivity index (χ4n) is 1.67. The van der Waals surface area contributed by atoms with E-state index in [1.807, 2.05) is 26.0 Å². The first-order valence-electron chi connectivity index (χ1n) is 6.44. The number of carbonyl (C=O) groups excluding carboxylic acids is 1. The van der Waals surface area contributed by atoms with Gasteiger partial charge in [0.25, 0.3) is 0 Å². The van der Waals surface area contributed by atoms with E-state index in [9.17, 15) is 4.79 Å². The number of hydrogen-bond donors (Lipinski definition) is 1. The van der Waals surface area contributed by atoms with E-state index in [1.54, 1.807) is 13.2 Å². The maximum atomic E-state index is 11.8. The van der Waals surface area contributed by atoms with E-state index in [0.717, 1.165) is 15.3 Å². The molecule has 1 heterocycles. The van der Waals surface area contributed by atoms with Gasteiger partial charge in [0.1, 0.15) is 0 Å². The quantitative estimate of drug-likeness (QED) is 0.655. The van der Waals surface area contributed by atoms with Crippen molar-refractivity contribution in [2.75, 3.05) is 25.6 Å². The first-order valence-corrected chi connectivity index (χ1v) is 7.26. The normalized spacial score (nSPS) is 11.0. The third-order valence-corrected chi connectivity index (χ3v) is 3.53. The molecule has 0 aliphatic carbocycles. The molecule has 0 radical (unpaired) electrons. The smallest absolute Gasteiger partial charge is 0.338 e. The molecular formula is C14H18N2O3S. The molecule has 2 aromatic rings. The zero-order chi connectivity index (χ0) is 14.5. The number of nitrogens with zero attached hydrogens (tertiary/aromatic N) is 1. The number of nitrogens with one attached hydrogen (secondary N) is 1. The average Bonchev–Trinajstić information content (AvgIpc) is 2.79. The second kappa shape index (κ2) is 6.67. The molecule has 0 amide bonds. The van der Waals surface area contributed by atoms with Gasteiger partial charge in [-0.25, -0.2) is 9.78 Å². The lowest BCUT2D eigenvalue weighted by Gasteiger charge is -2.07. The lowest BCUT2D eigenvalue weighted by molar-refractivity contribution is 0.0378. The molecule has 20 heavy (non-hydrogen) atoms. The van der Waals surface area contributed by atoms with Gasteiger partial charge in [-0.3, -0.25) is 0 Å². The topological polar surface area (TPSA) is 60.5 Å². The molecule has 0 aliphatic heterocycles. The minimum Gasteiger partial charge on any atom is -0.459 e. The molecule has 108 valence electrons. The standard InChI is InChI=1S/C14H18N2O3S/c1-9(2)19-13(17)10-4-5-11-12(8-10)20-14(16-11)15-6-7-18-3/h4-5,8-9H,6-7H2,1-3H3,(H,15,16). The third kappa shape index (κ3) is 3.68. The Bertz CT molecular complexity index is 595. The Morgan fingerprint density at radius 2 is 2.25 bits per heavy atom. The van der Waals surface area contributed by atoms with Crippen molar-refractivity contribution < 1.29 is 14.3 Å². The molecular weight excluding hydrogens is 276 g/mol. The molecule has 5 nitrogen and oxygen atoms in total. The Morgan fingerprint density at radius 3 is 2.95 bits per heavy atom. The van der Waals surface area contributed by atoms with E-state index in [0.29, 0.717) is 18.7 Å². The summed E-state index contributed by atoms with van der Waals surface area (Å²) in [6.45, 7) is 5.00. The van der Waals surface area contributed by atoms with E-state index in [2.05, 4.69) is 10.3 Å². The summed E-state index contributed by atoms with van der Waals surface area (Å²) in [6.07, 6.45) is -0.120. The number of thiazole rings is 1. The predicted octanol–water partition coefficient (Wildman–Crippen LogP) is 2.92. The molecule has 0 saturated carbocycles. The van der Waals surface area contributed by atoms with Crippen LogP contribution < -0.4 is 5.32 Å². The Labute approximate surface area is 121 Å². The van der Waals surface area contributed by atoms with Gasteiger partial charge in [0, 0.05) is 13.7 Å². The second-order valence-electron chi connectivity index (χ2n) is 4.58. The maximum Gasteiger partial charge on any atom is 0.338 e. The Kier molecular flexibility index (Phi) is 4.92. The van der Waals surface area contributed by atoms with Crippen molar-refractivity contribution in [2.45, 2.75) is 20.0 Å². The van der Waals surface area contributed by atoms with E-state index < -0.39 is 0 Å². The number of esters is 1. The van der Waals surface area contributed by atoms with Crippen molar-refractivity contribution in [3.8, 4) is 0 Å². The molecule has 0 spiro atoms. The second-order valence-corrected chi connectivity index (χ2v) is 5.61. The third-order valence-electron chi connectivity index (χ3n) is 2.55. The molecule has 0 atom stereocenters. The van der Waals surface area contributed by atoms with Crippen LogP contribution >= 0.6 is 11.3 Å². The van der Waals surface area contributed by atoms with Crippen LogP contribution in [-0.2, 0) is 9.47 Å². The van der Waals surface area contributed by atoms with Gasteiger partial charge >= 0.3 is 5.97 Å². The largest absolute Gasteiger partial charge is 0.459 e. The number of methoxy groups -OCH3 is 1. The van der Waals surface area contributed by atoms with Gasteiger partial charge in [-0.2, -0.15) is 0 Å². The molecule has 6 heteroatoms. The number of fused-ring (bicyclic) bond motifs is 1. The van der Waals surface area contributed by atoms with Crippen molar-refractivity contribution in [3.63, 3.8) is 0 Å². The molecule has 0 saturated heterocycles. The van der Waals surface area contributed by atoms with Gasteiger partial charge in [-0.1, -0.05) is 11.3 Å². The predicted molar refractivity (Wildman–Crippen MR) is 80.5 cm³/mol. The SMILES string of the molecule is COCCNc1nc2ccc(C(=O)OC(C)C)cc2s1. The molecule has 0 fully saturated rings. The van der Waals surface area contributed by atoms with Crippen LogP contribution in [0, 0.1) is 0 Å². The molecule has 0 bridgehead atoms. The number of benzene rings is 1. The van der Waals surface area contributed by atoms with Crippen molar-refractivity contribution in [2.24, 2.45) is 0 Å². The first-order chi connectivity index (χ1) is 9.60. The van der Waals surface area contributed by atoms with E-state index in [4.69, 9.17) is 9.47 Å². The van der Waals surface area contributed by atoms with Gasteiger partial charge < -0.3 is 14.8 Å². The monoisotopic (exact) mass is 294 g/mol. The fraction of sp³-hybridized carbons (Fsp3) is 0.429. The van der Waals surface area contributed by atoms with Crippen LogP contribution in [0.3, 0.4) is 0 Å². The van der Waals surface area contributed by atoms with Gasteiger partial charge in [0.15, 0.2) is 5.13 Å². The van der Waals surface area contributed by atoms with Crippen LogP contribution in [-0.4, -0.2) is 37.3 Å². The van der Waals surface area contributed by atoms with Crippen LogP contribution in [0.2, 0.25) is 0 Å². The minimum absolute atomic E-state index is 0.120. The zero-order valence-electron chi connectivity index (χ0n) is 11.8. The minimum atomic E-state index is -0.302. The lowest BCUT2D eigenvalue weighted by atomic mass is 10.2. The Hall–Kier alpha value is -1.66. The first kappa shape index (κ1) is 14.7.